The van der Waals surface area contributed by atoms with Gasteiger partial charge >= 0.3 is 0 Å². The Hall–Kier alpha value is -1.30. The number of rotatable bonds is 15. The first-order valence-electron chi connectivity index (χ1n) is 11.1. The molecule has 0 aromatic heterocycles. The van der Waals surface area contributed by atoms with Crippen LogP contribution in [0.5, 0.6) is 0 Å². The third-order valence-corrected chi connectivity index (χ3v) is 5.56. The number of amides is 2. The van der Waals surface area contributed by atoms with Crippen LogP contribution in [0.1, 0.15) is 51.4 Å². The summed E-state index contributed by atoms with van der Waals surface area (Å²) in [6, 6.07) is 0.200. The molecule has 0 aromatic rings. The molecule has 174 valence electrons. The number of nitrogens with one attached hydrogen (secondary N) is 2. The van der Waals surface area contributed by atoms with Crippen LogP contribution < -0.4 is 10.6 Å². The van der Waals surface area contributed by atoms with Crippen molar-refractivity contribution in [3.63, 3.8) is 0 Å². The summed E-state index contributed by atoms with van der Waals surface area (Å²) >= 11 is 0. The van der Waals surface area contributed by atoms with Crippen LogP contribution >= 0.6 is 0 Å². The van der Waals surface area contributed by atoms with Crippen molar-refractivity contribution in [2.75, 3.05) is 52.6 Å². The summed E-state index contributed by atoms with van der Waals surface area (Å²) in [6.45, 7) is 2.68. The molecule has 2 aliphatic rings. The van der Waals surface area contributed by atoms with Crippen LogP contribution in [0.25, 0.3) is 0 Å². The maximum absolute atomic E-state index is 11.7. The van der Waals surface area contributed by atoms with Gasteiger partial charge in [-0.15, -0.1) is 0 Å². The molecule has 0 bridgehead atoms. The summed E-state index contributed by atoms with van der Waals surface area (Å²) in [5.41, 5.74) is 0. The van der Waals surface area contributed by atoms with Gasteiger partial charge in [0.15, 0.2) is 0 Å². The summed E-state index contributed by atoms with van der Waals surface area (Å²) in [4.78, 5) is 23.3. The number of hydroxylamine groups is 4. The van der Waals surface area contributed by atoms with E-state index in [1.165, 1.54) is 0 Å². The number of ether oxygens (including phenoxy) is 2. The van der Waals surface area contributed by atoms with Crippen molar-refractivity contribution in [2.24, 2.45) is 0 Å². The molecular formula is C20H36N4O6-2. The molecule has 2 unspecified atom stereocenters. The predicted octanol–water partition coefficient (Wildman–Crippen LogP) is 0.737. The third-order valence-electron chi connectivity index (χ3n) is 5.56. The Bertz CT molecular complexity index is 466. The second kappa shape index (κ2) is 14.7. The zero-order valence-electron chi connectivity index (χ0n) is 17.8. The quantitative estimate of drug-likeness (QED) is 0.365. The molecule has 0 spiro atoms. The summed E-state index contributed by atoms with van der Waals surface area (Å²) < 4.78 is 10.5. The summed E-state index contributed by atoms with van der Waals surface area (Å²) in [7, 11) is 0. The Morgan fingerprint density at radius 2 is 1.23 bits per heavy atom. The molecule has 2 heterocycles. The molecule has 0 aromatic carbocycles. The first-order valence-corrected chi connectivity index (χ1v) is 11.1. The van der Waals surface area contributed by atoms with Crippen LogP contribution in [0.3, 0.4) is 0 Å². The Kier molecular flexibility index (Phi) is 12.2. The molecule has 2 amide bonds. The number of carbonyl (C=O) groups excluding carboxylic acids is 2. The first-order chi connectivity index (χ1) is 14.6. The van der Waals surface area contributed by atoms with Gasteiger partial charge in [-0.2, -0.15) is 0 Å². The van der Waals surface area contributed by atoms with Gasteiger partial charge in [0, 0.05) is 13.1 Å². The highest BCUT2D eigenvalue weighted by atomic mass is 16.5. The molecule has 0 saturated carbocycles. The highest BCUT2D eigenvalue weighted by Crippen LogP contribution is 2.20. The minimum atomic E-state index is -0.197. The third kappa shape index (κ3) is 10.1. The van der Waals surface area contributed by atoms with Crippen LogP contribution in [0.2, 0.25) is 0 Å². The highest BCUT2D eigenvalue weighted by Gasteiger charge is 2.17. The number of hydrogen-bond donors (Lipinski definition) is 2. The lowest BCUT2D eigenvalue weighted by atomic mass is 10.1. The molecule has 0 aliphatic carbocycles. The highest BCUT2D eigenvalue weighted by molar-refractivity contribution is 5.77. The van der Waals surface area contributed by atoms with Crippen molar-refractivity contribution in [2.45, 2.75) is 63.5 Å². The fourth-order valence-corrected chi connectivity index (χ4v) is 3.88. The van der Waals surface area contributed by atoms with Crippen LogP contribution in [-0.4, -0.2) is 86.6 Å². The van der Waals surface area contributed by atoms with Crippen LogP contribution in [0.4, 0.5) is 0 Å². The first kappa shape index (κ1) is 25.0. The molecular weight excluding hydrogens is 392 g/mol. The molecule has 0 radical (unpaired) electrons. The molecule has 10 nitrogen and oxygen atoms in total. The topological polar surface area (TPSA) is 129 Å². The monoisotopic (exact) mass is 428 g/mol. The lowest BCUT2D eigenvalue weighted by molar-refractivity contribution is -0.129. The molecule has 2 aliphatic heterocycles. The van der Waals surface area contributed by atoms with E-state index in [0.29, 0.717) is 26.2 Å². The smallest absolute Gasteiger partial charge is 0.245 e. The van der Waals surface area contributed by atoms with Crippen molar-refractivity contribution in [1.29, 1.82) is 0 Å². The average Bonchev–Trinajstić information content (AvgIpc) is 3.33. The summed E-state index contributed by atoms with van der Waals surface area (Å²) in [5.74, 6) is -0.394. The Balaban J connectivity index is 1.33. The fourth-order valence-electron chi connectivity index (χ4n) is 3.88. The zero-order chi connectivity index (χ0) is 21.6. The normalized spacial score (nSPS) is 22.5. The number of nitrogens with zero attached hydrogens (tertiary/aromatic N) is 2. The van der Waals surface area contributed by atoms with E-state index in [4.69, 9.17) is 9.47 Å². The van der Waals surface area contributed by atoms with Crippen molar-refractivity contribution in [3.05, 3.63) is 10.4 Å². The van der Waals surface area contributed by atoms with E-state index in [9.17, 15) is 20.0 Å². The Morgan fingerprint density at radius 3 is 1.60 bits per heavy atom. The SMILES string of the molecule is O=C(COCCOCC(=O)NCCCC1CCCN1[O-])NCCCC1CCCN1[O-]. The van der Waals surface area contributed by atoms with E-state index in [2.05, 4.69) is 10.6 Å². The fraction of sp³-hybridized carbons (Fsp3) is 0.900. The van der Waals surface area contributed by atoms with Gasteiger partial charge in [0.05, 0.1) is 13.2 Å². The average molecular weight is 429 g/mol. The van der Waals surface area contributed by atoms with Gasteiger partial charge in [0.1, 0.15) is 13.2 Å². The van der Waals surface area contributed by atoms with Crippen LogP contribution in [0.15, 0.2) is 0 Å². The molecule has 2 N–H and O–H groups in total. The predicted molar refractivity (Wildman–Crippen MR) is 112 cm³/mol. The van der Waals surface area contributed by atoms with Gasteiger partial charge in [-0.25, -0.2) is 0 Å². The maximum Gasteiger partial charge on any atom is 0.245 e. The second-order valence-corrected chi connectivity index (χ2v) is 7.96. The standard InChI is InChI=1S/C20H36N4O6/c25-19(21-9-1-5-17-7-3-11-23(17)27)15-29-13-14-30-16-20(26)22-10-2-6-18-8-4-12-24(18)28/h17-18H,1-16H2,(H,21,25)(H,22,26)/q-2. The number of carbonyl (C=O) groups is 2. The van der Waals surface area contributed by atoms with Gasteiger partial charge in [-0.05, 0) is 76.5 Å². The minimum absolute atomic E-state index is 0.0510. The summed E-state index contributed by atoms with van der Waals surface area (Å²) in [6.07, 6.45) is 6.97. The van der Waals surface area contributed by atoms with Gasteiger partial charge in [0.2, 0.25) is 11.8 Å². The van der Waals surface area contributed by atoms with Gasteiger partial charge in [-0.1, -0.05) is 0 Å². The zero-order valence-corrected chi connectivity index (χ0v) is 17.8. The van der Waals surface area contributed by atoms with E-state index in [-0.39, 0.29) is 50.3 Å². The molecule has 30 heavy (non-hydrogen) atoms. The second-order valence-electron chi connectivity index (χ2n) is 7.96. The molecule has 2 rings (SSSR count). The largest absolute Gasteiger partial charge is 0.785 e. The van der Waals surface area contributed by atoms with Crippen LogP contribution in [-0.2, 0) is 19.1 Å². The Labute approximate surface area is 178 Å². The van der Waals surface area contributed by atoms with Crippen LogP contribution in [0, 0.1) is 10.4 Å². The lowest BCUT2D eigenvalue weighted by Gasteiger charge is -2.29. The van der Waals surface area contributed by atoms with E-state index in [0.717, 1.165) is 61.5 Å². The van der Waals surface area contributed by atoms with Crippen molar-refractivity contribution in [1.82, 2.24) is 20.8 Å². The minimum Gasteiger partial charge on any atom is -0.785 e. The van der Waals surface area contributed by atoms with Gasteiger partial charge < -0.3 is 40.6 Å². The molecule has 10 heteroatoms. The van der Waals surface area contributed by atoms with E-state index >= 15 is 0 Å². The van der Waals surface area contributed by atoms with E-state index < -0.39 is 0 Å². The Morgan fingerprint density at radius 1 is 0.800 bits per heavy atom. The number of hydrogen-bond acceptors (Lipinski definition) is 8. The lowest BCUT2D eigenvalue weighted by Crippen LogP contribution is -2.31. The van der Waals surface area contributed by atoms with Crippen molar-refractivity contribution >= 4 is 11.8 Å². The molecule has 2 saturated heterocycles. The van der Waals surface area contributed by atoms with Gasteiger partial charge in [0.25, 0.3) is 0 Å². The van der Waals surface area contributed by atoms with Crippen molar-refractivity contribution in [3.8, 4) is 0 Å². The van der Waals surface area contributed by atoms with E-state index in [1.54, 1.807) is 0 Å². The molecule has 2 atom stereocenters. The molecule has 2 fully saturated rings. The van der Waals surface area contributed by atoms with E-state index in [1.807, 2.05) is 0 Å². The maximum atomic E-state index is 11.7. The van der Waals surface area contributed by atoms with Gasteiger partial charge in [-0.3, -0.25) is 9.59 Å². The van der Waals surface area contributed by atoms with Crippen molar-refractivity contribution < 1.29 is 19.1 Å². The summed E-state index contributed by atoms with van der Waals surface area (Å²) in [5, 5.41) is 30.7.